The molecule has 20 heavy (non-hydrogen) atoms. The number of carboxylic acids is 1. The van der Waals surface area contributed by atoms with E-state index in [-0.39, 0.29) is 27.7 Å². The first-order valence-electron chi connectivity index (χ1n) is 5.48. The number of aromatic carboxylic acids is 1. The second-order valence-corrected chi connectivity index (χ2v) is 4.71. The summed E-state index contributed by atoms with van der Waals surface area (Å²) in [6.07, 6.45) is 1.53. The van der Waals surface area contributed by atoms with Gasteiger partial charge in [0.05, 0.1) is 22.2 Å². The number of nitrogens with one attached hydrogen (secondary N) is 2. The highest BCUT2D eigenvalue weighted by Gasteiger charge is 2.19. The van der Waals surface area contributed by atoms with E-state index in [2.05, 4.69) is 15.5 Å². The fourth-order valence-corrected chi connectivity index (χ4v) is 2.07. The molecule has 0 fully saturated rings. The van der Waals surface area contributed by atoms with Crippen molar-refractivity contribution in [3.8, 4) is 0 Å². The molecule has 0 aliphatic rings. The molecule has 8 heteroatoms. The minimum atomic E-state index is -1.27. The van der Waals surface area contributed by atoms with Crippen LogP contribution in [0.1, 0.15) is 16.1 Å². The van der Waals surface area contributed by atoms with Crippen molar-refractivity contribution in [2.45, 2.75) is 6.42 Å². The van der Waals surface area contributed by atoms with E-state index >= 15 is 0 Å². The van der Waals surface area contributed by atoms with Gasteiger partial charge in [-0.05, 0) is 18.2 Å². The molecular formula is C12H9Cl2N3O3. The third-order valence-electron chi connectivity index (χ3n) is 2.49. The number of carboxylic acid groups (broad SMARTS) is 1. The van der Waals surface area contributed by atoms with Crippen LogP contribution in [-0.2, 0) is 11.2 Å². The van der Waals surface area contributed by atoms with Gasteiger partial charge in [-0.3, -0.25) is 9.89 Å². The number of rotatable bonds is 4. The Morgan fingerprint density at radius 3 is 2.55 bits per heavy atom. The van der Waals surface area contributed by atoms with Crippen LogP contribution in [0.2, 0.25) is 10.0 Å². The van der Waals surface area contributed by atoms with Gasteiger partial charge in [0.15, 0.2) is 0 Å². The molecule has 0 bridgehead atoms. The van der Waals surface area contributed by atoms with Gasteiger partial charge in [0, 0.05) is 11.9 Å². The molecule has 0 unspecified atom stereocenters. The fourth-order valence-electron chi connectivity index (χ4n) is 1.62. The molecule has 0 atom stereocenters. The van der Waals surface area contributed by atoms with Gasteiger partial charge in [0.1, 0.15) is 5.56 Å². The predicted octanol–water partition coefficient (Wildman–Crippen LogP) is 2.60. The molecule has 6 nitrogen and oxygen atoms in total. The molecule has 3 N–H and O–H groups in total. The molecule has 0 aliphatic heterocycles. The second kappa shape index (κ2) is 5.94. The third kappa shape index (κ3) is 3.09. The second-order valence-electron chi connectivity index (χ2n) is 3.89. The van der Waals surface area contributed by atoms with Crippen molar-refractivity contribution in [2.24, 2.45) is 0 Å². The lowest BCUT2D eigenvalue weighted by Gasteiger charge is -2.11. The van der Waals surface area contributed by atoms with Crippen LogP contribution in [0, 0.1) is 0 Å². The van der Waals surface area contributed by atoms with E-state index in [9.17, 15) is 9.59 Å². The number of anilines is 1. The van der Waals surface area contributed by atoms with E-state index in [0.29, 0.717) is 5.69 Å². The van der Waals surface area contributed by atoms with Gasteiger partial charge in [-0.25, -0.2) is 4.79 Å². The summed E-state index contributed by atoms with van der Waals surface area (Å²) in [6, 6.07) is 4.41. The summed E-state index contributed by atoms with van der Waals surface area (Å²) in [5.74, 6) is -1.70. The summed E-state index contributed by atoms with van der Waals surface area (Å²) >= 11 is 11.7. The SMILES string of the molecule is O=C(Cc1ccn[nH]1)Nc1c(Cl)ccc(Cl)c1C(=O)O. The highest BCUT2D eigenvalue weighted by atomic mass is 35.5. The number of nitrogens with zero attached hydrogens (tertiary/aromatic N) is 1. The predicted molar refractivity (Wildman–Crippen MR) is 74.3 cm³/mol. The van der Waals surface area contributed by atoms with Crippen molar-refractivity contribution in [2.75, 3.05) is 5.32 Å². The molecule has 1 heterocycles. The molecular weight excluding hydrogens is 305 g/mol. The zero-order valence-corrected chi connectivity index (χ0v) is 11.5. The lowest BCUT2D eigenvalue weighted by molar-refractivity contribution is -0.115. The smallest absolute Gasteiger partial charge is 0.339 e. The molecule has 104 valence electrons. The average molecular weight is 314 g/mol. The van der Waals surface area contributed by atoms with E-state index in [0.717, 1.165) is 0 Å². The Morgan fingerprint density at radius 2 is 1.95 bits per heavy atom. The normalized spacial score (nSPS) is 10.3. The summed E-state index contributed by atoms with van der Waals surface area (Å²) in [7, 11) is 0. The van der Waals surface area contributed by atoms with Crippen LogP contribution in [0.4, 0.5) is 5.69 Å². The lowest BCUT2D eigenvalue weighted by atomic mass is 10.1. The minimum absolute atomic E-state index is 0.00117. The largest absolute Gasteiger partial charge is 0.478 e. The fraction of sp³-hybridized carbons (Fsp3) is 0.0833. The van der Waals surface area contributed by atoms with E-state index in [4.69, 9.17) is 28.3 Å². The van der Waals surface area contributed by atoms with Gasteiger partial charge in [0.2, 0.25) is 5.91 Å². The maximum atomic E-state index is 11.9. The van der Waals surface area contributed by atoms with Crippen LogP contribution in [0.25, 0.3) is 0 Å². The standard InChI is InChI=1S/C12H9Cl2N3O3/c13-7-1-2-8(14)11(10(7)12(19)20)16-9(18)5-6-3-4-15-17-6/h1-4H,5H2,(H,15,17)(H,16,18)(H,19,20). The third-order valence-corrected chi connectivity index (χ3v) is 3.12. The summed E-state index contributed by atoms with van der Waals surface area (Å²) in [5, 5.41) is 18.0. The Labute approximate surface area is 123 Å². The number of amides is 1. The Kier molecular flexibility index (Phi) is 4.26. The Bertz CT molecular complexity index is 656. The molecule has 2 aromatic rings. The van der Waals surface area contributed by atoms with E-state index in [1.165, 1.54) is 18.3 Å². The van der Waals surface area contributed by atoms with Gasteiger partial charge >= 0.3 is 5.97 Å². The average Bonchev–Trinajstić information content (AvgIpc) is 2.86. The molecule has 0 aliphatic carbocycles. The van der Waals surface area contributed by atoms with Crippen LogP contribution in [0.3, 0.4) is 0 Å². The van der Waals surface area contributed by atoms with Crippen molar-refractivity contribution in [1.82, 2.24) is 10.2 Å². The summed E-state index contributed by atoms with van der Waals surface area (Å²) in [5.41, 5.74) is 0.339. The van der Waals surface area contributed by atoms with Crippen LogP contribution >= 0.6 is 23.2 Å². The Hall–Kier alpha value is -2.05. The van der Waals surface area contributed by atoms with Gasteiger partial charge in [0.25, 0.3) is 0 Å². The maximum Gasteiger partial charge on any atom is 0.339 e. The maximum absolute atomic E-state index is 11.9. The van der Waals surface area contributed by atoms with E-state index in [1.54, 1.807) is 6.07 Å². The lowest BCUT2D eigenvalue weighted by Crippen LogP contribution is -2.17. The highest BCUT2D eigenvalue weighted by molar-refractivity contribution is 6.38. The van der Waals surface area contributed by atoms with Gasteiger partial charge in [-0.2, -0.15) is 5.10 Å². The van der Waals surface area contributed by atoms with E-state index < -0.39 is 11.9 Å². The molecule has 1 aromatic heterocycles. The van der Waals surface area contributed by atoms with Crippen molar-refractivity contribution >= 4 is 40.8 Å². The van der Waals surface area contributed by atoms with Crippen LogP contribution < -0.4 is 5.32 Å². The number of benzene rings is 1. The van der Waals surface area contributed by atoms with Crippen LogP contribution in [0.15, 0.2) is 24.4 Å². The summed E-state index contributed by atoms with van der Waals surface area (Å²) in [4.78, 5) is 23.0. The van der Waals surface area contributed by atoms with Gasteiger partial charge in [-0.15, -0.1) is 0 Å². The molecule has 2 rings (SSSR count). The number of carbonyl (C=O) groups is 2. The summed E-state index contributed by atoms with van der Waals surface area (Å²) in [6.45, 7) is 0. The number of aromatic amines is 1. The number of hydrogen-bond donors (Lipinski definition) is 3. The quantitative estimate of drug-likeness (QED) is 0.808. The zero-order chi connectivity index (χ0) is 14.7. The topological polar surface area (TPSA) is 95.1 Å². The molecule has 0 spiro atoms. The van der Waals surface area contributed by atoms with Crippen LogP contribution in [0.5, 0.6) is 0 Å². The van der Waals surface area contributed by atoms with Gasteiger partial charge < -0.3 is 10.4 Å². The number of halogens is 2. The van der Waals surface area contributed by atoms with Crippen molar-refractivity contribution in [3.05, 3.63) is 45.7 Å². The van der Waals surface area contributed by atoms with E-state index in [1.807, 2.05) is 0 Å². The van der Waals surface area contributed by atoms with Gasteiger partial charge in [-0.1, -0.05) is 23.2 Å². The molecule has 0 radical (unpaired) electrons. The van der Waals surface area contributed by atoms with Crippen molar-refractivity contribution in [1.29, 1.82) is 0 Å². The molecule has 0 saturated heterocycles. The minimum Gasteiger partial charge on any atom is -0.478 e. The number of carbonyl (C=O) groups excluding carboxylic acids is 1. The molecule has 1 amide bonds. The highest BCUT2D eigenvalue weighted by Crippen LogP contribution is 2.32. The zero-order valence-electron chi connectivity index (χ0n) is 9.98. The number of H-pyrrole nitrogens is 1. The first kappa shape index (κ1) is 14.4. The Balaban J connectivity index is 2.26. The number of hydrogen-bond acceptors (Lipinski definition) is 3. The summed E-state index contributed by atoms with van der Waals surface area (Å²) < 4.78 is 0. The first-order valence-corrected chi connectivity index (χ1v) is 6.24. The van der Waals surface area contributed by atoms with Crippen LogP contribution in [-0.4, -0.2) is 27.2 Å². The van der Waals surface area contributed by atoms with Crippen molar-refractivity contribution in [3.63, 3.8) is 0 Å². The monoisotopic (exact) mass is 313 g/mol. The number of aromatic nitrogens is 2. The first-order chi connectivity index (χ1) is 9.49. The molecule has 0 saturated carbocycles. The molecule has 1 aromatic carbocycles. The van der Waals surface area contributed by atoms with Crippen molar-refractivity contribution < 1.29 is 14.7 Å². The Morgan fingerprint density at radius 1 is 1.25 bits per heavy atom.